The van der Waals surface area contributed by atoms with E-state index in [9.17, 15) is 24.0 Å². The zero-order chi connectivity index (χ0) is 19.5. The quantitative estimate of drug-likeness (QED) is 0.183. The Morgan fingerprint density at radius 1 is 1.08 bits per heavy atom. The standard InChI is InChI=1S/C16H26N4O6/c1-11(21)18-9-4-3-5-12(17-2)16(25)19-10-8-15(24)26-20-13(22)6-7-14(20)23/h12,17H,3-10H2,1-2H3,(H,18,21)(H,19,25)/i2+1,9+1,17+1. The van der Waals surface area contributed by atoms with Crippen molar-refractivity contribution in [3.63, 3.8) is 0 Å². The van der Waals surface area contributed by atoms with Crippen molar-refractivity contribution in [1.82, 2.24) is 21.0 Å². The van der Waals surface area contributed by atoms with Crippen molar-refractivity contribution in [2.24, 2.45) is 0 Å². The molecule has 0 aromatic rings. The van der Waals surface area contributed by atoms with E-state index >= 15 is 0 Å². The number of nitrogens with one attached hydrogen (secondary N) is 3. The van der Waals surface area contributed by atoms with Gasteiger partial charge in [-0.05, 0) is 26.3 Å². The Hall–Kier alpha value is -2.49. The molecule has 0 aliphatic carbocycles. The molecular weight excluding hydrogens is 347 g/mol. The van der Waals surface area contributed by atoms with Crippen molar-refractivity contribution in [2.45, 2.75) is 51.5 Å². The Morgan fingerprint density at radius 2 is 1.73 bits per heavy atom. The fourth-order valence-corrected chi connectivity index (χ4v) is 2.36. The molecule has 0 aromatic heterocycles. The molecule has 1 atom stereocenters. The van der Waals surface area contributed by atoms with Gasteiger partial charge in [0.05, 0.1) is 12.5 Å². The molecule has 1 fully saturated rings. The van der Waals surface area contributed by atoms with Crippen LogP contribution in [-0.4, -0.2) is 60.8 Å². The highest BCUT2D eigenvalue weighted by Crippen LogP contribution is 2.12. The van der Waals surface area contributed by atoms with Gasteiger partial charge in [0.15, 0.2) is 0 Å². The average Bonchev–Trinajstić information content (AvgIpc) is 2.89. The third-order valence-corrected chi connectivity index (χ3v) is 3.79. The van der Waals surface area contributed by atoms with Crippen LogP contribution in [0.25, 0.3) is 0 Å². The van der Waals surface area contributed by atoms with E-state index in [0.717, 1.165) is 12.8 Å². The summed E-state index contributed by atoms with van der Waals surface area (Å²) in [6, 6.07) is -0.412. The number of likely N-dealkylation sites (N-methyl/N-ethyl adjacent to an activating group) is 1. The molecule has 1 aliphatic rings. The monoisotopic (exact) mass is 373 g/mol. The fourth-order valence-electron chi connectivity index (χ4n) is 2.36. The second-order valence-electron chi connectivity index (χ2n) is 5.91. The molecule has 1 heterocycles. The summed E-state index contributed by atoms with van der Waals surface area (Å²) >= 11 is 0. The Bertz CT molecular complexity index is 535. The van der Waals surface area contributed by atoms with E-state index in [-0.39, 0.29) is 37.6 Å². The third kappa shape index (κ3) is 7.60. The predicted octanol–water partition coefficient (Wildman–Crippen LogP) is -1.01. The lowest BCUT2D eigenvalue weighted by molar-refractivity contribution is -0.197. The van der Waals surface area contributed by atoms with E-state index in [1.807, 2.05) is 0 Å². The van der Waals surface area contributed by atoms with Crippen LogP contribution in [0.5, 0.6) is 0 Å². The zero-order valence-corrected chi connectivity index (χ0v) is 15.1. The van der Waals surface area contributed by atoms with E-state index in [1.54, 1.807) is 7.05 Å². The van der Waals surface area contributed by atoms with Crippen LogP contribution in [0.3, 0.4) is 0 Å². The van der Waals surface area contributed by atoms with Crippen LogP contribution in [-0.2, 0) is 28.8 Å². The summed E-state index contributed by atoms with van der Waals surface area (Å²) in [6.07, 6.45) is 2.02. The first-order valence-corrected chi connectivity index (χ1v) is 8.61. The number of rotatable bonds is 11. The molecule has 1 rings (SSSR count). The van der Waals surface area contributed by atoms with Crippen molar-refractivity contribution in [3.8, 4) is 0 Å². The van der Waals surface area contributed by atoms with Gasteiger partial charge in [-0.25, -0.2) is 4.79 Å². The number of hydrogen-bond donors (Lipinski definition) is 3. The van der Waals surface area contributed by atoms with Gasteiger partial charge in [-0.3, -0.25) is 19.2 Å². The minimum absolute atomic E-state index is 0.0363. The third-order valence-electron chi connectivity index (χ3n) is 3.79. The van der Waals surface area contributed by atoms with Gasteiger partial charge in [-0.15, -0.1) is 5.06 Å². The summed E-state index contributed by atoms with van der Waals surface area (Å²) in [5.74, 6) is -2.18. The summed E-state index contributed by atoms with van der Waals surface area (Å²) in [5, 5.41) is 8.68. The molecule has 10 heteroatoms. The highest BCUT2D eigenvalue weighted by atomic mass is 16.7. The second-order valence-corrected chi connectivity index (χ2v) is 5.91. The maximum Gasteiger partial charge on any atom is 0.334 e. The van der Waals surface area contributed by atoms with E-state index in [4.69, 9.17) is 4.84 Å². The molecule has 4 amide bonds. The van der Waals surface area contributed by atoms with Crippen molar-refractivity contribution in [3.05, 3.63) is 0 Å². The Kier molecular flexibility index (Phi) is 9.27. The zero-order valence-electron chi connectivity index (χ0n) is 15.1. The first-order valence-electron chi connectivity index (χ1n) is 8.61. The lowest BCUT2D eigenvalue weighted by atomic mass is 10.1. The maximum absolute atomic E-state index is 12.1. The van der Waals surface area contributed by atoms with Crippen molar-refractivity contribution >= 4 is 29.6 Å². The second kappa shape index (κ2) is 11.2. The van der Waals surface area contributed by atoms with Crippen molar-refractivity contribution in [1.29, 1.82) is 0 Å². The molecule has 26 heavy (non-hydrogen) atoms. The van der Waals surface area contributed by atoms with Gasteiger partial charge < -0.3 is 20.8 Å². The van der Waals surface area contributed by atoms with E-state index < -0.39 is 23.8 Å². The molecule has 1 saturated heterocycles. The van der Waals surface area contributed by atoms with Gasteiger partial charge in [0, 0.05) is 32.9 Å². The smallest absolute Gasteiger partial charge is 0.334 e. The molecule has 0 aromatic carbocycles. The van der Waals surface area contributed by atoms with Crippen LogP contribution < -0.4 is 16.0 Å². The predicted molar refractivity (Wildman–Crippen MR) is 90.2 cm³/mol. The molecule has 0 bridgehead atoms. The molecular formula is C16H26N4O6. The number of unbranched alkanes of at least 4 members (excludes halogenated alkanes) is 1. The highest BCUT2D eigenvalue weighted by Gasteiger charge is 2.32. The van der Waals surface area contributed by atoms with Crippen LogP contribution in [0, 0.1) is 0 Å². The lowest BCUT2D eigenvalue weighted by Crippen LogP contribution is -2.43. The summed E-state index contributed by atoms with van der Waals surface area (Å²) in [7, 11) is 1.66. The molecule has 0 radical (unpaired) electrons. The molecule has 3 N–H and O–H groups in total. The summed E-state index contributed by atoms with van der Waals surface area (Å²) < 4.78 is 0. The van der Waals surface area contributed by atoms with Gasteiger partial charge in [-0.2, -0.15) is 0 Å². The topological polar surface area (TPSA) is 134 Å². The van der Waals surface area contributed by atoms with Crippen molar-refractivity contribution < 1.29 is 28.8 Å². The highest BCUT2D eigenvalue weighted by molar-refractivity contribution is 6.01. The fraction of sp³-hybridized carbons (Fsp3) is 0.688. The largest absolute Gasteiger partial charge is 0.356 e. The normalized spacial score (nSPS) is 14.9. The van der Waals surface area contributed by atoms with Gasteiger partial charge in [0.1, 0.15) is 0 Å². The van der Waals surface area contributed by atoms with E-state index in [2.05, 4.69) is 16.0 Å². The van der Waals surface area contributed by atoms with Gasteiger partial charge >= 0.3 is 5.97 Å². The lowest BCUT2D eigenvalue weighted by Gasteiger charge is -2.16. The first kappa shape index (κ1) is 21.6. The SMILES string of the molecule is CC(=O)N[13CH2]CCCC([15NH][13CH3])C(=O)NCCC(=O)ON1C(=O)CCC1=O. The summed E-state index contributed by atoms with van der Waals surface area (Å²) in [5.41, 5.74) is 0. The van der Waals surface area contributed by atoms with Gasteiger partial charge in [0.2, 0.25) is 11.8 Å². The molecule has 0 spiro atoms. The Balaban J connectivity index is 2.22. The molecule has 10 nitrogen and oxygen atoms in total. The van der Waals surface area contributed by atoms with E-state index in [0.29, 0.717) is 18.0 Å². The molecule has 1 aliphatic heterocycles. The minimum Gasteiger partial charge on any atom is -0.356 e. The first-order chi connectivity index (χ1) is 12.3. The van der Waals surface area contributed by atoms with Gasteiger partial charge in [-0.1, -0.05) is 0 Å². The summed E-state index contributed by atoms with van der Waals surface area (Å²) in [4.78, 5) is 61.9. The Labute approximate surface area is 151 Å². The van der Waals surface area contributed by atoms with Crippen LogP contribution in [0.4, 0.5) is 0 Å². The van der Waals surface area contributed by atoms with E-state index in [1.165, 1.54) is 6.92 Å². The van der Waals surface area contributed by atoms with Crippen LogP contribution in [0.15, 0.2) is 0 Å². The summed E-state index contributed by atoms with van der Waals surface area (Å²) in [6.45, 7) is 2.05. The molecule has 146 valence electrons. The van der Waals surface area contributed by atoms with Crippen LogP contribution in [0.2, 0.25) is 0 Å². The number of hydrogen-bond acceptors (Lipinski definition) is 7. The minimum atomic E-state index is -0.759. The number of carbonyl (C=O) groups is 5. The molecule has 0 saturated carbocycles. The van der Waals surface area contributed by atoms with Crippen LogP contribution >= 0.6 is 0 Å². The molecule has 1 unspecified atom stereocenters. The Morgan fingerprint density at radius 3 is 2.31 bits per heavy atom. The van der Waals surface area contributed by atoms with Gasteiger partial charge in [0.25, 0.3) is 11.8 Å². The number of hydroxylamine groups is 2. The number of amides is 4. The number of carbonyl (C=O) groups excluding carboxylic acids is 5. The average molecular weight is 373 g/mol. The van der Waals surface area contributed by atoms with Crippen molar-refractivity contribution in [2.75, 3.05) is 20.1 Å². The number of nitrogens with zero attached hydrogens (tertiary/aromatic N) is 1. The maximum atomic E-state index is 12.1. The van der Waals surface area contributed by atoms with Crippen LogP contribution in [0.1, 0.15) is 45.4 Å². The number of imide groups is 1.